The average molecular weight is 259 g/mol. The molecule has 1 aromatic carbocycles. The van der Waals surface area contributed by atoms with Crippen LogP contribution in [0.4, 0.5) is 11.4 Å². The van der Waals surface area contributed by atoms with Crippen LogP contribution in [0.15, 0.2) is 35.1 Å². The van der Waals surface area contributed by atoms with Gasteiger partial charge in [-0.15, -0.1) is 0 Å². The molecule has 0 radical (unpaired) electrons. The maximum atomic E-state index is 12.0. The van der Waals surface area contributed by atoms with E-state index in [0.29, 0.717) is 11.4 Å². The Morgan fingerprint density at radius 2 is 2.05 bits per heavy atom. The Morgan fingerprint density at radius 3 is 2.74 bits per heavy atom. The summed E-state index contributed by atoms with van der Waals surface area (Å²) in [5.74, 6) is -0.881. The summed E-state index contributed by atoms with van der Waals surface area (Å²) in [5, 5.41) is 11.8. The van der Waals surface area contributed by atoms with Crippen LogP contribution in [0.25, 0.3) is 0 Å². The number of pyridine rings is 1. The highest BCUT2D eigenvalue weighted by atomic mass is 16.3. The van der Waals surface area contributed by atoms with Gasteiger partial charge in [-0.1, -0.05) is 6.07 Å². The molecule has 19 heavy (non-hydrogen) atoms. The van der Waals surface area contributed by atoms with E-state index in [-0.39, 0.29) is 11.4 Å². The molecule has 0 fully saturated rings. The molecule has 0 aliphatic heterocycles. The van der Waals surface area contributed by atoms with Gasteiger partial charge in [0.2, 0.25) is 0 Å². The number of aryl methyl sites for hydroxylation is 1. The molecular formula is C13H13N3O3. The lowest BCUT2D eigenvalue weighted by molar-refractivity contribution is 0.102. The van der Waals surface area contributed by atoms with Crippen LogP contribution in [0, 0.1) is 6.92 Å². The van der Waals surface area contributed by atoms with Crippen LogP contribution in [0.2, 0.25) is 0 Å². The second-order valence-electron chi connectivity index (χ2n) is 4.16. The molecule has 0 atom stereocenters. The topological polar surface area (TPSA) is 108 Å². The predicted octanol–water partition coefficient (Wildman–Crippen LogP) is 1.22. The molecule has 1 amide bonds. The number of nitrogens with two attached hydrogens (primary N) is 1. The van der Waals surface area contributed by atoms with Crippen LogP contribution in [-0.4, -0.2) is 16.0 Å². The minimum atomic E-state index is -0.553. The van der Waals surface area contributed by atoms with Crippen LogP contribution >= 0.6 is 0 Å². The molecule has 6 nitrogen and oxygen atoms in total. The highest BCUT2D eigenvalue weighted by molar-refractivity contribution is 6.05. The number of nitrogens with one attached hydrogen (secondary N) is 2. The van der Waals surface area contributed by atoms with E-state index in [1.54, 1.807) is 12.1 Å². The number of aromatic nitrogens is 1. The van der Waals surface area contributed by atoms with Crippen molar-refractivity contribution < 1.29 is 9.90 Å². The van der Waals surface area contributed by atoms with Crippen molar-refractivity contribution in [2.45, 2.75) is 6.92 Å². The second-order valence-corrected chi connectivity index (χ2v) is 4.16. The molecule has 0 unspecified atom stereocenters. The van der Waals surface area contributed by atoms with E-state index in [4.69, 9.17) is 5.73 Å². The minimum absolute atomic E-state index is 0.0576. The number of rotatable bonds is 2. The van der Waals surface area contributed by atoms with Crippen LogP contribution in [0.5, 0.6) is 5.88 Å². The fourth-order valence-corrected chi connectivity index (χ4v) is 1.63. The number of carbonyl (C=O) groups is 1. The number of aromatic amines is 1. The Labute approximate surface area is 108 Å². The Hall–Kier alpha value is -2.76. The van der Waals surface area contributed by atoms with Crippen molar-refractivity contribution in [2.75, 3.05) is 11.1 Å². The number of hydrogen-bond donors (Lipinski definition) is 4. The van der Waals surface area contributed by atoms with Gasteiger partial charge < -0.3 is 16.2 Å². The summed E-state index contributed by atoms with van der Waals surface area (Å²) in [7, 11) is 0. The lowest BCUT2D eigenvalue weighted by Crippen LogP contribution is -2.16. The Balaban J connectivity index is 2.30. The van der Waals surface area contributed by atoms with E-state index in [1.165, 1.54) is 6.07 Å². The van der Waals surface area contributed by atoms with Crippen molar-refractivity contribution in [1.82, 2.24) is 4.98 Å². The third kappa shape index (κ3) is 2.92. The largest absolute Gasteiger partial charge is 0.494 e. The minimum Gasteiger partial charge on any atom is -0.494 e. The highest BCUT2D eigenvalue weighted by Gasteiger charge is 2.10. The first kappa shape index (κ1) is 12.7. The monoisotopic (exact) mass is 259 g/mol. The maximum Gasteiger partial charge on any atom is 0.256 e. The summed E-state index contributed by atoms with van der Waals surface area (Å²) in [4.78, 5) is 25.3. The van der Waals surface area contributed by atoms with Gasteiger partial charge in [0.05, 0.1) is 16.9 Å². The second kappa shape index (κ2) is 4.85. The van der Waals surface area contributed by atoms with Crippen molar-refractivity contribution in [2.24, 2.45) is 0 Å². The first-order valence-electron chi connectivity index (χ1n) is 5.56. The fourth-order valence-electron chi connectivity index (χ4n) is 1.63. The normalized spacial score (nSPS) is 10.2. The van der Waals surface area contributed by atoms with Crippen LogP contribution in [-0.2, 0) is 0 Å². The lowest BCUT2D eigenvalue weighted by Gasteiger charge is -2.09. The van der Waals surface area contributed by atoms with Crippen molar-refractivity contribution >= 4 is 17.3 Å². The number of nitrogen functional groups attached to an aromatic ring is 1. The number of benzene rings is 1. The van der Waals surface area contributed by atoms with Gasteiger partial charge in [0, 0.05) is 12.1 Å². The van der Waals surface area contributed by atoms with Crippen molar-refractivity contribution in [3.8, 4) is 5.88 Å². The quantitative estimate of drug-likeness (QED) is 0.608. The van der Waals surface area contributed by atoms with E-state index in [1.807, 2.05) is 13.0 Å². The van der Waals surface area contributed by atoms with E-state index >= 15 is 0 Å². The molecule has 98 valence electrons. The summed E-state index contributed by atoms with van der Waals surface area (Å²) < 4.78 is 0. The van der Waals surface area contributed by atoms with Crippen molar-refractivity contribution in [3.63, 3.8) is 0 Å². The van der Waals surface area contributed by atoms with E-state index in [0.717, 1.165) is 11.6 Å². The molecule has 0 bridgehead atoms. The van der Waals surface area contributed by atoms with E-state index < -0.39 is 11.5 Å². The predicted molar refractivity (Wildman–Crippen MR) is 72.3 cm³/mol. The summed E-state index contributed by atoms with van der Waals surface area (Å²) in [5.41, 5.74) is 7.08. The summed E-state index contributed by atoms with van der Waals surface area (Å²) in [6.07, 6.45) is 0. The lowest BCUT2D eigenvalue weighted by atomic mass is 10.2. The van der Waals surface area contributed by atoms with Gasteiger partial charge in [-0.2, -0.15) is 0 Å². The van der Waals surface area contributed by atoms with Crippen molar-refractivity contribution in [3.05, 3.63) is 51.8 Å². The number of aromatic hydroxyl groups is 1. The van der Waals surface area contributed by atoms with E-state index in [2.05, 4.69) is 10.3 Å². The summed E-state index contributed by atoms with van der Waals surface area (Å²) in [6.45, 7) is 1.87. The number of hydrogen-bond acceptors (Lipinski definition) is 4. The van der Waals surface area contributed by atoms with Crippen LogP contribution in [0.1, 0.15) is 15.9 Å². The molecular weight excluding hydrogens is 246 g/mol. The zero-order valence-corrected chi connectivity index (χ0v) is 10.2. The van der Waals surface area contributed by atoms with Gasteiger partial charge in [0.1, 0.15) is 0 Å². The molecule has 1 heterocycles. The molecule has 0 aliphatic carbocycles. The van der Waals surface area contributed by atoms with Gasteiger partial charge in [-0.25, -0.2) is 0 Å². The fraction of sp³-hybridized carbons (Fsp3) is 0.0769. The number of amides is 1. The number of H-pyrrole nitrogens is 1. The molecule has 0 spiro atoms. The molecule has 0 aliphatic rings. The van der Waals surface area contributed by atoms with Gasteiger partial charge >= 0.3 is 0 Å². The maximum absolute atomic E-state index is 12.0. The number of anilines is 2. The highest BCUT2D eigenvalue weighted by Crippen LogP contribution is 2.20. The van der Waals surface area contributed by atoms with Gasteiger partial charge in [-0.05, 0) is 24.6 Å². The smallest absolute Gasteiger partial charge is 0.256 e. The standard InChI is InChI=1S/C13H13N3O3/c1-7-2-3-9(14)10(4-7)15-13(19)8-5-11(17)16-12(18)6-8/h2-6H,14H2,1H3,(H,15,19)(H2,16,17,18). The molecule has 6 heteroatoms. The molecule has 2 aromatic rings. The first-order chi connectivity index (χ1) is 8.95. The molecule has 1 aromatic heterocycles. The Morgan fingerprint density at radius 1 is 1.32 bits per heavy atom. The van der Waals surface area contributed by atoms with Gasteiger partial charge in [0.15, 0.2) is 5.88 Å². The van der Waals surface area contributed by atoms with Gasteiger partial charge in [-0.3, -0.25) is 14.6 Å². The van der Waals surface area contributed by atoms with E-state index in [9.17, 15) is 14.7 Å². The third-order valence-electron chi connectivity index (χ3n) is 2.55. The van der Waals surface area contributed by atoms with Crippen LogP contribution < -0.4 is 16.6 Å². The van der Waals surface area contributed by atoms with Crippen LogP contribution in [0.3, 0.4) is 0 Å². The molecule has 2 rings (SSSR count). The zero-order chi connectivity index (χ0) is 14.0. The average Bonchev–Trinajstić information content (AvgIpc) is 2.32. The first-order valence-corrected chi connectivity index (χ1v) is 5.56. The van der Waals surface area contributed by atoms with Gasteiger partial charge in [0.25, 0.3) is 11.5 Å². The van der Waals surface area contributed by atoms with Crippen molar-refractivity contribution in [1.29, 1.82) is 0 Å². The summed E-state index contributed by atoms with van der Waals surface area (Å²) >= 11 is 0. The molecule has 0 saturated heterocycles. The Bertz CT molecular complexity index is 692. The molecule has 5 N–H and O–H groups in total. The number of carbonyl (C=O) groups excluding carboxylic acids is 1. The SMILES string of the molecule is Cc1ccc(N)c(NC(=O)c2cc(O)[nH]c(=O)c2)c1. The third-order valence-corrected chi connectivity index (χ3v) is 2.55. The summed E-state index contributed by atoms with van der Waals surface area (Å²) in [6, 6.07) is 7.49. The Kier molecular flexibility index (Phi) is 3.24. The zero-order valence-electron chi connectivity index (χ0n) is 10.2. The molecule has 0 saturated carbocycles.